The number of hydrogen-bond acceptors (Lipinski definition) is 3. The molecule has 0 bridgehead atoms. The minimum Gasteiger partial charge on any atom is -0.447 e. The predicted octanol–water partition coefficient (Wildman–Crippen LogP) is 4.98. The summed E-state index contributed by atoms with van der Waals surface area (Å²) >= 11 is 0. The quantitative estimate of drug-likeness (QED) is 0.756. The maximum Gasteiger partial charge on any atom is 0.434 e. The van der Waals surface area contributed by atoms with Gasteiger partial charge in [0, 0.05) is 5.41 Å². The monoisotopic (exact) mass is 345 g/mol. The Balaban J connectivity index is 1.75. The Labute approximate surface area is 151 Å². The maximum absolute atomic E-state index is 12.5. The Morgan fingerprint density at radius 1 is 1.20 bits per heavy atom. The zero-order valence-electron chi connectivity index (χ0n) is 15.7. The second kappa shape index (κ2) is 7.77. The van der Waals surface area contributed by atoms with Crippen molar-refractivity contribution in [2.75, 3.05) is 6.61 Å². The van der Waals surface area contributed by atoms with Crippen molar-refractivity contribution in [1.29, 1.82) is 0 Å². The molecule has 0 radical (unpaired) electrons. The molecule has 4 nitrogen and oxygen atoms in total. The van der Waals surface area contributed by atoms with Crippen LogP contribution < -0.4 is 0 Å². The minimum absolute atomic E-state index is 0.0257. The van der Waals surface area contributed by atoms with E-state index in [9.17, 15) is 4.79 Å². The first kappa shape index (κ1) is 18.2. The number of carbonyl (C=O) groups excluding carboxylic acids is 1. The number of amides is 1. The van der Waals surface area contributed by atoms with Crippen molar-refractivity contribution in [3.63, 3.8) is 0 Å². The summed E-state index contributed by atoms with van der Waals surface area (Å²) in [6.45, 7) is 6.83. The van der Waals surface area contributed by atoms with Crippen LogP contribution in [0.1, 0.15) is 58.4 Å². The summed E-state index contributed by atoms with van der Waals surface area (Å²) in [5.41, 5.74) is 1.06. The van der Waals surface area contributed by atoms with Gasteiger partial charge in [0.25, 0.3) is 0 Å². The highest BCUT2D eigenvalue weighted by molar-refractivity contribution is 5.68. The van der Waals surface area contributed by atoms with Crippen LogP contribution in [0.5, 0.6) is 0 Å². The van der Waals surface area contributed by atoms with E-state index in [1.165, 1.54) is 42.7 Å². The topological polar surface area (TPSA) is 38.8 Å². The fraction of sp³-hybridized carbons (Fsp3) is 0.667. The Kier molecular flexibility index (Phi) is 5.67. The van der Waals surface area contributed by atoms with Crippen LogP contribution in [-0.4, -0.2) is 29.9 Å². The van der Waals surface area contributed by atoms with Gasteiger partial charge in [-0.2, -0.15) is 5.06 Å². The molecule has 0 N–H and O–H groups in total. The second-order valence-electron chi connectivity index (χ2n) is 8.28. The van der Waals surface area contributed by atoms with Crippen molar-refractivity contribution in [3.05, 3.63) is 35.9 Å². The number of carbonyl (C=O) groups is 1. The second-order valence-corrected chi connectivity index (χ2v) is 8.28. The van der Waals surface area contributed by atoms with Gasteiger partial charge in [-0.1, -0.05) is 63.4 Å². The van der Waals surface area contributed by atoms with Gasteiger partial charge in [0.05, 0.1) is 12.1 Å². The highest BCUT2D eigenvalue weighted by atomic mass is 16.7. The van der Waals surface area contributed by atoms with Gasteiger partial charge in [-0.25, -0.2) is 4.79 Å². The van der Waals surface area contributed by atoms with Gasteiger partial charge in [-0.05, 0) is 37.7 Å². The van der Waals surface area contributed by atoms with E-state index in [-0.39, 0.29) is 23.7 Å². The molecule has 2 aliphatic rings. The van der Waals surface area contributed by atoms with Crippen LogP contribution in [-0.2, 0) is 16.0 Å². The van der Waals surface area contributed by atoms with Gasteiger partial charge in [0.1, 0.15) is 6.61 Å². The first-order valence-electron chi connectivity index (χ1n) is 9.64. The molecule has 25 heavy (non-hydrogen) atoms. The van der Waals surface area contributed by atoms with Crippen LogP contribution in [0.4, 0.5) is 4.79 Å². The molecule has 3 rings (SSSR count). The normalized spacial score (nSPS) is 25.5. The molecule has 1 aliphatic carbocycles. The highest BCUT2D eigenvalue weighted by Crippen LogP contribution is 2.35. The Bertz CT molecular complexity index is 566. The third-order valence-corrected chi connectivity index (χ3v) is 5.80. The van der Waals surface area contributed by atoms with E-state index in [2.05, 4.69) is 32.9 Å². The van der Waals surface area contributed by atoms with Crippen LogP contribution in [0, 0.1) is 11.3 Å². The number of hydroxylamine groups is 2. The lowest BCUT2D eigenvalue weighted by molar-refractivity contribution is -0.244. The average molecular weight is 345 g/mol. The van der Waals surface area contributed by atoms with Crippen molar-refractivity contribution in [2.24, 2.45) is 11.3 Å². The van der Waals surface area contributed by atoms with Crippen LogP contribution >= 0.6 is 0 Å². The number of nitrogens with zero attached hydrogens (tertiary/aromatic N) is 1. The number of rotatable bonds is 5. The summed E-state index contributed by atoms with van der Waals surface area (Å²) in [6.07, 6.45) is 6.71. The van der Waals surface area contributed by atoms with Gasteiger partial charge in [0.15, 0.2) is 0 Å². The lowest BCUT2D eigenvalue weighted by atomic mass is 9.80. The lowest BCUT2D eigenvalue weighted by Crippen LogP contribution is -2.57. The fourth-order valence-corrected chi connectivity index (χ4v) is 4.03. The molecule has 138 valence electrons. The SMILES string of the molecule is CC(ON1C(=O)OCC(C)(C)C1Cc1ccccc1)C1CCCCC1. The van der Waals surface area contributed by atoms with Gasteiger partial charge < -0.3 is 4.74 Å². The Morgan fingerprint density at radius 3 is 2.56 bits per heavy atom. The minimum atomic E-state index is -0.345. The van der Waals surface area contributed by atoms with Gasteiger partial charge in [-0.15, -0.1) is 0 Å². The first-order valence-corrected chi connectivity index (χ1v) is 9.64. The van der Waals surface area contributed by atoms with E-state index in [0.717, 1.165) is 6.42 Å². The van der Waals surface area contributed by atoms with E-state index in [4.69, 9.17) is 9.57 Å². The molecule has 1 aromatic carbocycles. The fourth-order valence-electron chi connectivity index (χ4n) is 4.03. The number of hydrogen-bond donors (Lipinski definition) is 0. The van der Waals surface area contributed by atoms with Crippen molar-refractivity contribution < 1.29 is 14.4 Å². The van der Waals surface area contributed by atoms with Crippen molar-refractivity contribution in [2.45, 2.75) is 71.4 Å². The van der Waals surface area contributed by atoms with E-state index < -0.39 is 0 Å². The first-order chi connectivity index (χ1) is 12.0. The Morgan fingerprint density at radius 2 is 1.88 bits per heavy atom. The number of ether oxygens (including phenoxy) is 1. The van der Waals surface area contributed by atoms with Gasteiger partial charge >= 0.3 is 6.09 Å². The largest absolute Gasteiger partial charge is 0.447 e. The molecule has 1 aliphatic heterocycles. The predicted molar refractivity (Wildman–Crippen MR) is 98.0 cm³/mol. The third-order valence-electron chi connectivity index (χ3n) is 5.80. The molecule has 1 heterocycles. The zero-order valence-corrected chi connectivity index (χ0v) is 15.7. The molecule has 1 saturated carbocycles. The van der Waals surface area contributed by atoms with E-state index in [1.807, 2.05) is 18.2 Å². The van der Waals surface area contributed by atoms with Crippen LogP contribution in [0.2, 0.25) is 0 Å². The highest BCUT2D eigenvalue weighted by Gasteiger charge is 2.45. The zero-order chi connectivity index (χ0) is 17.9. The molecule has 1 aromatic rings. The molecule has 1 saturated heterocycles. The molecular formula is C21H31NO3. The molecule has 2 fully saturated rings. The number of cyclic esters (lactones) is 1. The lowest BCUT2D eigenvalue weighted by Gasteiger charge is -2.46. The standard InChI is InChI=1S/C21H31NO3/c1-16(18-12-8-5-9-13-18)25-22-19(14-17-10-6-4-7-11-17)21(2,3)15-24-20(22)23/h4,6-7,10-11,16,18-19H,5,8-9,12-15H2,1-3H3. The van der Waals surface area contributed by atoms with Gasteiger partial charge in [-0.3, -0.25) is 4.84 Å². The molecule has 1 amide bonds. The van der Waals surface area contributed by atoms with Crippen molar-refractivity contribution in [3.8, 4) is 0 Å². The third kappa shape index (κ3) is 4.35. The summed E-state index contributed by atoms with van der Waals surface area (Å²) in [5, 5.41) is 1.54. The summed E-state index contributed by atoms with van der Waals surface area (Å²) in [4.78, 5) is 18.7. The molecule has 4 heteroatoms. The maximum atomic E-state index is 12.5. The summed E-state index contributed by atoms with van der Waals surface area (Å²) in [7, 11) is 0. The number of benzene rings is 1. The molecule has 0 aromatic heterocycles. The summed E-state index contributed by atoms with van der Waals surface area (Å²) < 4.78 is 5.42. The van der Waals surface area contributed by atoms with Gasteiger partial charge in [0.2, 0.25) is 0 Å². The summed E-state index contributed by atoms with van der Waals surface area (Å²) in [6, 6.07) is 10.3. The Hall–Kier alpha value is -1.55. The van der Waals surface area contributed by atoms with Crippen LogP contribution in [0.25, 0.3) is 0 Å². The summed E-state index contributed by atoms with van der Waals surface area (Å²) in [5.74, 6) is 0.531. The molecule has 0 spiro atoms. The van der Waals surface area contributed by atoms with Crippen LogP contribution in [0.3, 0.4) is 0 Å². The molecular weight excluding hydrogens is 314 g/mol. The van der Waals surface area contributed by atoms with Crippen molar-refractivity contribution in [1.82, 2.24) is 5.06 Å². The molecule has 2 atom stereocenters. The van der Waals surface area contributed by atoms with E-state index in [0.29, 0.717) is 12.5 Å². The van der Waals surface area contributed by atoms with Crippen LogP contribution in [0.15, 0.2) is 30.3 Å². The smallest absolute Gasteiger partial charge is 0.434 e. The molecule has 2 unspecified atom stereocenters. The van der Waals surface area contributed by atoms with E-state index >= 15 is 0 Å². The average Bonchev–Trinajstić information content (AvgIpc) is 2.63. The van der Waals surface area contributed by atoms with E-state index in [1.54, 1.807) is 0 Å². The van der Waals surface area contributed by atoms with Crippen molar-refractivity contribution >= 4 is 6.09 Å².